The molecular formula is C12H16N2O. The molecule has 1 saturated heterocycles. The van der Waals surface area contributed by atoms with E-state index >= 15 is 0 Å². The lowest BCUT2D eigenvalue weighted by molar-refractivity contribution is -0.127. The van der Waals surface area contributed by atoms with Crippen LogP contribution >= 0.6 is 0 Å². The number of likely N-dealkylation sites (N-methyl/N-ethyl adjacent to an activating group) is 1. The Morgan fingerprint density at radius 1 is 1.53 bits per heavy atom. The lowest BCUT2D eigenvalue weighted by Gasteiger charge is -2.09. The van der Waals surface area contributed by atoms with Crippen LogP contribution in [0.5, 0.6) is 0 Å². The molecule has 1 unspecified atom stereocenters. The topological polar surface area (TPSA) is 33.2 Å². The number of hydrogen-bond donors (Lipinski definition) is 0. The molecule has 80 valence electrons. The van der Waals surface area contributed by atoms with Gasteiger partial charge in [-0.2, -0.15) is 0 Å². The van der Waals surface area contributed by atoms with Crippen molar-refractivity contribution in [3.63, 3.8) is 0 Å². The smallest absolute Gasteiger partial charge is 0.231 e. The quantitative estimate of drug-likeness (QED) is 0.733. The molecule has 0 bridgehead atoms. The molecule has 2 rings (SSSR count). The number of pyridine rings is 1. The van der Waals surface area contributed by atoms with Crippen LogP contribution in [-0.4, -0.2) is 29.4 Å². The summed E-state index contributed by atoms with van der Waals surface area (Å²) < 4.78 is 0. The zero-order valence-electron chi connectivity index (χ0n) is 9.23. The molecule has 15 heavy (non-hydrogen) atoms. The molecule has 3 heteroatoms. The van der Waals surface area contributed by atoms with Crippen molar-refractivity contribution >= 4 is 5.91 Å². The second-order valence-electron chi connectivity index (χ2n) is 4.05. The molecule has 0 spiro atoms. The maximum atomic E-state index is 11.7. The first-order valence-electron chi connectivity index (χ1n) is 5.42. The van der Waals surface area contributed by atoms with Crippen LogP contribution in [0.4, 0.5) is 0 Å². The Balaban J connectivity index is 2.19. The van der Waals surface area contributed by atoms with E-state index in [-0.39, 0.29) is 11.8 Å². The van der Waals surface area contributed by atoms with Crippen molar-refractivity contribution in [2.45, 2.75) is 25.7 Å². The average Bonchev–Trinajstić information content (AvgIpc) is 2.60. The fourth-order valence-electron chi connectivity index (χ4n) is 1.95. The number of carbonyl (C=O) groups excluding carboxylic acids is 1. The van der Waals surface area contributed by atoms with Crippen LogP contribution in [0, 0.1) is 0 Å². The fraction of sp³-hybridized carbons (Fsp3) is 0.500. The Labute approximate surface area is 90.1 Å². The monoisotopic (exact) mass is 204 g/mol. The fourth-order valence-corrected chi connectivity index (χ4v) is 1.95. The Morgan fingerprint density at radius 3 is 2.80 bits per heavy atom. The molecule has 1 aromatic rings. The summed E-state index contributed by atoms with van der Waals surface area (Å²) in [6.07, 6.45) is 3.76. The number of nitrogens with zero attached hydrogens (tertiary/aromatic N) is 2. The third kappa shape index (κ3) is 1.87. The van der Waals surface area contributed by atoms with E-state index < -0.39 is 0 Å². The standard InChI is InChI=1S/C12H16N2O/c1-3-9-4-5-11(13-8-9)10-6-7-14(2)12(10)15/h4-5,8,10H,3,6-7H2,1-2H3. The van der Waals surface area contributed by atoms with E-state index in [1.54, 1.807) is 4.90 Å². The van der Waals surface area contributed by atoms with Gasteiger partial charge in [0.15, 0.2) is 0 Å². The van der Waals surface area contributed by atoms with E-state index in [4.69, 9.17) is 0 Å². The first-order valence-corrected chi connectivity index (χ1v) is 5.42. The maximum Gasteiger partial charge on any atom is 0.231 e. The number of aromatic nitrogens is 1. The molecule has 0 saturated carbocycles. The van der Waals surface area contributed by atoms with E-state index in [1.165, 1.54) is 5.56 Å². The molecule has 1 fully saturated rings. The minimum atomic E-state index is -0.0130. The van der Waals surface area contributed by atoms with Crippen LogP contribution in [-0.2, 0) is 11.2 Å². The van der Waals surface area contributed by atoms with Crippen molar-refractivity contribution in [1.82, 2.24) is 9.88 Å². The second-order valence-corrected chi connectivity index (χ2v) is 4.05. The summed E-state index contributed by atoms with van der Waals surface area (Å²) in [6, 6.07) is 4.05. The van der Waals surface area contributed by atoms with Crippen LogP contribution in [0.25, 0.3) is 0 Å². The number of aryl methyl sites for hydroxylation is 1. The summed E-state index contributed by atoms with van der Waals surface area (Å²) in [5.41, 5.74) is 2.14. The molecule has 1 aliphatic rings. The lowest BCUT2D eigenvalue weighted by Crippen LogP contribution is -2.22. The Bertz CT molecular complexity index is 358. The molecule has 1 atom stereocenters. The van der Waals surface area contributed by atoms with Gasteiger partial charge in [-0.05, 0) is 24.5 Å². The molecule has 1 amide bonds. The van der Waals surface area contributed by atoms with Crippen LogP contribution in [0.2, 0.25) is 0 Å². The van der Waals surface area contributed by atoms with Crippen LogP contribution in [0.15, 0.2) is 18.3 Å². The van der Waals surface area contributed by atoms with Crippen molar-refractivity contribution in [2.75, 3.05) is 13.6 Å². The van der Waals surface area contributed by atoms with E-state index in [2.05, 4.69) is 18.0 Å². The highest BCUT2D eigenvalue weighted by molar-refractivity contribution is 5.85. The maximum absolute atomic E-state index is 11.7. The minimum Gasteiger partial charge on any atom is -0.345 e. The Kier molecular flexibility index (Phi) is 2.71. The SMILES string of the molecule is CCc1ccc(C2CCN(C)C2=O)nc1. The predicted molar refractivity (Wildman–Crippen MR) is 58.6 cm³/mol. The van der Waals surface area contributed by atoms with Crippen LogP contribution in [0.3, 0.4) is 0 Å². The van der Waals surface area contributed by atoms with Gasteiger partial charge in [-0.1, -0.05) is 13.0 Å². The molecule has 1 aromatic heterocycles. The summed E-state index contributed by atoms with van der Waals surface area (Å²) in [5, 5.41) is 0. The van der Waals surface area contributed by atoms with Gasteiger partial charge >= 0.3 is 0 Å². The van der Waals surface area contributed by atoms with Crippen molar-refractivity contribution in [1.29, 1.82) is 0 Å². The van der Waals surface area contributed by atoms with Gasteiger partial charge in [-0.25, -0.2) is 0 Å². The molecular weight excluding hydrogens is 188 g/mol. The van der Waals surface area contributed by atoms with Crippen molar-refractivity contribution < 1.29 is 4.79 Å². The largest absolute Gasteiger partial charge is 0.345 e. The number of rotatable bonds is 2. The van der Waals surface area contributed by atoms with Gasteiger partial charge in [-0.15, -0.1) is 0 Å². The summed E-state index contributed by atoms with van der Waals surface area (Å²) in [6.45, 7) is 2.95. The third-order valence-electron chi connectivity index (χ3n) is 3.04. The third-order valence-corrected chi connectivity index (χ3v) is 3.04. The zero-order chi connectivity index (χ0) is 10.8. The second kappa shape index (κ2) is 4.01. The lowest BCUT2D eigenvalue weighted by atomic mass is 10.0. The molecule has 0 N–H and O–H groups in total. The highest BCUT2D eigenvalue weighted by Crippen LogP contribution is 2.26. The first-order chi connectivity index (χ1) is 7.22. The Morgan fingerprint density at radius 2 is 2.33 bits per heavy atom. The van der Waals surface area contributed by atoms with E-state index in [0.717, 1.165) is 25.1 Å². The van der Waals surface area contributed by atoms with Gasteiger partial charge in [0.25, 0.3) is 0 Å². The summed E-state index contributed by atoms with van der Waals surface area (Å²) in [5.74, 6) is 0.188. The number of carbonyl (C=O) groups is 1. The molecule has 3 nitrogen and oxygen atoms in total. The Hall–Kier alpha value is -1.38. The van der Waals surface area contributed by atoms with E-state index in [0.29, 0.717) is 0 Å². The number of likely N-dealkylation sites (tertiary alicyclic amines) is 1. The van der Waals surface area contributed by atoms with Gasteiger partial charge in [0, 0.05) is 19.8 Å². The van der Waals surface area contributed by atoms with Gasteiger partial charge in [0.05, 0.1) is 11.6 Å². The number of amides is 1. The first kappa shape index (κ1) is 10.1. The van der Waals surface area contributed by atoms with Crippen molar-refractivity contribution in [2.24, 2.45) is 0 Å². The van der Waals surface area contributed by atoms with Gasteiger partial charge in [0.1, 0.15) is 0 Å². The highest BCUT2D eigenvalue weighted by atomic mass is 16.2. The van der Waals surface area contributed by atoms with E-state index in [1.807, 2.05) is 19.3 Å². The molecule has 0 radical (unpaired) electrons. The van der Waals surface area contributed by atoms with Crippen LogP contribution in [0.1, 0.15) is 30.5 Å². The minimum absolute atomic E-state index is 0.0130. The summed E-state index contributed by atoms with van der Waals surface area (Å²) in [4.78, 5) is 17.9. The summed E-state index contributed by atoms with van der Waals surface area (Å²) >= 11 is 0. The van der Waals surface area contributed by atoms with Gasteiger partial charge < -0.3 is 4.90 Å². The molecule has 2 heterocycles. The molecule has 1 aliphatic heterocycles. The highest BCUT2D eigenvalue weighted by Gasteiger charge is 2.31. The summed E-state index contributed by atoms with van der Waals surface area (Å²) in [7, 11) is 1.85. The van der Waals surface area contributed by atoms with E-state index in [9.17, 15) is 4.79 Å². The van der Waals surface area contributed by atoms with Crippen LogP contribution < -0.4 is 0 Å². The van der Waals surface area contributed by atoms with Crippen molar-refractivity contribution in [3.8, 4) is 0 Å². The predicted octanol–water partition coefficient (Wildman–Crippen LogP) is 1.59. The van der Waals surface area contributed by atoms with Gasteiger partial charge in [0.2, 0.25) is 5.91 Å². The molecule has 0 aliphatic carbocycles. The van der Waals surface area contributed by atoms with Gasteiger partial charge in [-0.3, -0.25) is 9.78 Å². The number of hydrogen-bond acceptors (Lipinski definition) is 2. The normalized spacial score (nSPS) is 21.1. The molecule has 0 aromatic carbocycles. The average molecular weight is 204 g/mol. The van der Waals surface area contributed by atoms with Crippen molar-refractivity contribution in [3.05, 3.63) is 29.6 Å². The zero-order valence-corrected chi connectivity index (χ0v) is 9.23.